The van der Waals surface area contributed by atoms with E-state index in [-0.39, 0.29) is 16.0 Å². The fourth-order valence-corrected chi connectivity index (χ4v) is 4.20. The van der Waals surface area contributed by atoms with Gasteiger partial charge in [0.2, 0.25) is 10.0 Å². The summed E-state index contributed by atoms with van der Waals surface area (Å²) in [4.78, 5) is 0.218. The molecule has 0 saturated carbocycles. The zero-order valence-corrected chi connectivity index (χ0v) is 11.8. The van der Waals surface area contributed by atoms with E-state index in [1.807, 2.05) is 6.92 Å². The third-order valence-corrected chi connectivity index (χ3v) is 5.66. The van der Waals surface area contributed by atoms with Crippen molar-refractivity contribution >= 4 is 27.3 Å². The van der Waals surface area contributed by atoms with Gasteiger partial charge in [0.05, 0.1) is 15.6 Å². The third kappa shape index (κ3) is 2.48. The summed E-state index contributed by atoms with van der Waals surface area (Å²) in [5, 5.41) is 0.278. The first-order chi connectivity index (χ1) is 8.43. The molecule has 0 aliphatic carbocycles. The summed E-state index contributed by atoms with van der Waals surface area (Å²) in [5.74, 6) is 0. The van der Waals surface area contributed by atoms with Gasteiger partial charge >= 0.3 is 0 Å². The van der Waals surface area contributed by atoms with Crippen molar-refractivity contribution in [3.8, 4) is 0 Å². The third-order valence-electron chi connectivity index (χ3n) is 3.32. The Morgan fingerprint density at radius 1 is 1.39 bits per heavy atom. The lowest BCUT2D eigenvalue weighted by Crippen LogP contribution is -2.41. The van der Waals surface area contributed by atoms with Crippen LogP contribution in [0.1, 0.15) is 26.2 Å². The Labute approximate surface area is 113 Å². The van der Waals surface area contributed by atoms with Crippen molar-refractivity contribution in [1.29, 1.82) is 0 Å². The van der Waals surface area contributed by atoms with Crippen LogP contribution in [-0.2, 0) is 10.0 Å². The Morgan fingerprint density at radius 3 is 2.72 bits per heavy atom. The predicted molar refractivity (Wildman–Crippen MR) is 73.1 cm³/mol. The SMILES string of the molecule is C[C@@H]1CCCCN1S(=O)(=O)c1ccc(N)c(Cl)c1. The van der Waals surface area contributed by atoms with E-state index in [1.54, 1.807) is 4.31 Å². The van der Waals surface area contributed by atoms with Gasteiger partial charge < -0.3 is 5.73 Å². The van der Waals surface area contributed by atoms with Gasteiger partial charge in [0.15, 0.2) is 0 Å². The van der Waals surface area contributed by atoms with Crippen molar-refractivity contribution in [1.82, 2.24) is 4.31 Å². The first-order valence-electron chi connectivity index (χ1n) is 6.00. The number of hydrogen-bond donors (Lipinski definition) is 1. The minimum atomic E-state index is -3.46. The number of rotatable bonds is 2. The summed E-state index contributed by atoms with van der Waals surface area (Å²) in [6.45, 7) is 2.51. The zero-order valence-electron chi connectivity index (χ0n) is 10.3. The Kier molecular flexibility index (Phi) is 3.84. The minimum absolute atomic E-state index is 0.0417. The highest BCUT2D eigenvalue weighted by Crippen LogP contribution is 2.28. The molecule has 0 unspecified atom stereocenters. The van der Waals surface area contributed by atoms with Crippen molar-refractivity contribution in [3.63, 3.8) is 0 Å². The molecule has 1 aliphatic rings. The van der Waals surface area contributed by atoms with E-state index in [1.165, 1.54) is 18.2 Å². The highest BCUT2D eigenvalue weighted by atomic mass is 35.5. The second-order valence-corrected chi connectivity index (χ2v) is 6.94. The van der Waals surface area contributed by atoms with Gasteiger partial charge in [0.1, 0.15) is 0 Å². The van der Waals surface area contributed by atoms with Crippen LogP contribution in [0.3, 0.4) is 0 Å². The van der Waals surface area contributed by atoms with Gasteiger partial charge in [-0.05, 0) is 38.0 Å². The van der Waals surface area contributed by atoms with Crippen molar-refractivity contribution in [2.24, 2.45) is 0 Å². The molecule has 1 atom stereocenters. The average molecular weight is 289 g/mol. The Morgan fingerprint density at radius 2 is 2.11 bits per heavy atom. The normalized spacial score (nSPS) is 22.0. The van der Waals surface area contributed by atoms with Gasteiger partial charge in [0, 0.05) is 12.6 Å². The number of anilines is 1. The molecule has 0 spiro atoms. The molecule has 2 rings (SSSR count). The lowest BCUT2D eigenvalue weighted by Gasteiger charge is -2.32. The van der Waals surface area contributed by atoms with Crippen LogP contribution in [0.5, 0.6) is 0 Å². The van der Waals surface area contributed by atoms with Crippen LogP contribution < -0.4 is 5.73 Å². The quantitative estimate of drug-likeness (QED) is 0.851. The van der Waals surface area contributed by atoms with Gasteiger partial charge in [-0.2, -0.15) is 4.31 Å². The van der Waals surface area contributed by atoms with Gasteiger partial charge in [-0.25, -0.2) is 8.42 Å². The van der Waals surface area contributed by atoms with E-state index in [2.05, 4.69) is 0 Å². The predicted octanol–water partition coefficient (Wildman–Crippen LogP) is 2.49. The second-order valence-electron chi connectivity index (χ2n) is 4.64. The fourth-order valence-electron chi connectivity index (χ4n) is 2.23. The molecule has 6 heteroatoms. The molecule has 1 aliphatic heterocycles. The topological polar surface area (TPSA) is 63.4 Å². The number of nitrogen functional groups attached to an aromatic ring is 1. The summed E-state index contributed by atoms with van der Waals surface area (Å²) < 4.78 is 26.5. The molecule has 4 nitrogen and oxygen atoms in total. The molecule has 100 valence electrons. The van der Waals surface area contributed by atoms with Gasteiger partial charge in [-0.3, -0.25) is 0 Å². The van der Waals surface area contributed by atoms with E-state index in [0.29, 0.717) is 12.2 Å². The Hall–Kier alpha value is -0.780. The largest absolute Gasteiger partial charge is 0.398 e. The van der Waals surface area contributed by atoms with Gasteiger partial charge in [-0.1, -0.05) is 18.0 Å². The van der Waals surface area contributed by atoms with E-state index in [4.69, 9.17) is 17.3 Å². The number of sulfonamides is 1. The number of benzene rings is 1. The molecule has 18 heavy (non-hydrogen) atoms. The highest BCUT2D eigenvalue weighted by Gasteiger charge is 2.31. The maximum atomic E-state index is 12.5. The number of nitrogens with zero attached hydrogens (tertiary/aromatic N) is 1. The first kappa shape index (κ1) is 13.6. The first-order valence-corrected chi connectivity index (χ1v) is 7.81. The molecular weight excluding hydrogens is 272 g/mol. The summed E-state index contributed by atoms with van der Waals surface area (Å²) in [5.41, 5.74) is 5.99. The van der Waals surface area contributed by atoms with Crippen LogP contribution >= 0.6 is 11.6 Å². The molecule has 1 saturated heterocycles. The van der Waals surface area contributed by atoms with Crippen LogP contribution in [0.15, 0.2) is 23.1 Å². The van der Waals surface area contributed by atoms with Gasteiger partial charge in [0.25, 0.3) is 0 Å². The van der Waals surface area contributed by atoms with Crippen LogP contribution in [0.4, 0.5) is 5.69 Å². The summed E-state index contributed by atoms with van der Waals surface area (Å²) in [7, 11) is -3.46. The van der Waals surface area contributed by atoms with Crippen molar-refractivity contribution in [2.75, 3.05) is 12.3 Å². The van der Waals surface area contributed by atoms with E-state index in [0.717, 1.165) is 19.3 Å². The molecule has 2 N–H and O–H groups in total. The molecular formula is C12H17ClN2O2S. The molecule has 1 aromatic carbocycles. The van der Waals surface area contributed by atoms with Crippen LogP contribution in [0.25, 0.3) is 0 Å². The van der Waals surface area contributed by atoms with Gasteiger partial charge in [-0.15, -0.1) is 0 Å². The Bertz CT molecular complexity index is 545. The van der Waals surface area contributed by atoms with Crippen LogP contribution in [0.2, 0.25) is 5.02 Å². The monoisotopic (exact) mass is 288 g/mol. The lowest BCUT2D eigenvalue weighted by atomic mass is 10.1. The van der Waals surface area contributed by atoms with Crippen molar-refractivity contribution in [3.05, 3.63) is 23.2 Å². The van der Waals surface area contributed by atoms with E-state index >= 15 is 0 Å². The zero-order chi connectivity index (χ0) is 13.3. The Balaban J connectivity index is 2.37. The number of piperidine rings is 1. The lowest BCUT2D eigenvalue weighted by molar-refractivity contribution is 0.268. The number of halogens is 1. The summed E-state index contributed by atoms with van der Waals surface area (Å²) in [6, 6.07) is 4.51. The highest BCUT2D eigenvalue weighted by molar-refractivity contribution is 7.89. The summed E-state index contributed by atoms with van der Waals surface area (Å²) in [6.07, 6.45) is 2.89. The van der Waals surface area contributed by atoms with Crippen LogP contribution in [0, 0.1) is 0 Å². The fraction of sp³-hybridized carbons (Fsp3) is 0.500. The number of nitrogens with two attached hydrogens (primary N) is 1. The average Bonchev–Trinajstić information content (AvgIpc) is 2.33. The minimum Gasteiger partial charge on any atom is -0.398 e. The second kappa shape index (κ2) is 5.07. The van der Waals surface area contributed by atoms with E-state index in [9.17, 15) is 8.42 Å². The van der Waals surface area contributed by atoms with Crippen LogP contribution in [-0.4, -0.2) is 25.3 Å². The molecule has 1 heterocycles. The molecule has 0 aromatic heterocycles. The van der Waals surface area contributed by atoms with Crippen molar-refractivity contribution in [2.45, 2.75) is 37.1 Å². The molecule has 1 aromatic rings. The molecule has 0 bridgehead atoms. The van der Waals surface area contributed by atoms with E-state index < -0.39 is 10.0 Å². The molecule has 0 radical (unpaired) electrons. The smallest absolute Gasteiger partial charge is 0.243 e. The maximum Gasteiger partial charge on any atom is 0.243 e. The maximum absolute atomic E-state index is 12.5. The number of hydrogen-bond acceptors (Lipinski definition) is 3. The molecule has 0 amide bonds. The summed E-state index contributed by atoms with van der Waals surface area (Å²) >= 11 is 5.89. The standard InChI is InChI=1S/C12H17ClN2O2S/c1-9-4-2-3-7-15(9)18(16,17)10-5-6-12(14)11(13)8-10/h5-6,8-9H,2-4,7,14H2,1H3/t9-/m1/s1. The van der Waals surface area contributed by atoms with Crippen molar-refractivity contribution < 1.29 is 8.42 Å². The molecule has 1 fully saturated rings.